The van der Waals surface area contributed by atoms with Crippen LogP contribution in [0.25, 0.3) is 10.9 Å². The lowest BCUT2D eigenvalue weighted by molar-refractivity contribution is -0.133. The molecule has 5 rings (SSSR count). The summed E-state index contributed by atoms with van der Waals surface area (Å²) in [5.41, 5.74) is 1.78. The lowest BCUT2D eigenvalue weighted by Gasteiger charge is -2.40. The fraction of sp³-hybridized carbons (Fsp3) is 0.679. The molecule has 8 nitrogen and oxygen atoms in total. The van der Waals surface area contributed by atoms with Gasteiger partial charge in [-0.15, -0.1) is 0 Å². The maximum atomic E-state index is 13.3. The van der Waals surface area contributed by atoms with Crippen LogP contribution in [0.4, 0.5) is 5.69 Å². The van der Waals surface area contributed by atoms with Crippen LogP contribution in [0, 0.1) is 4.77 Å². The van der Waals surface area contributed by atoms with Crippen molar-refractivity contribution in [3.63, 3.8) is 0 Å². The number of aromatic nitrogens is 2. The van der Waals surface area contributed by atoms with Crippen LogP contribution in [-0.4, -0.2) is 83.8 Å². The number of anilines is 1. The maximum Gasteiger partial charge on any atom is 0.262 e. The molecule has 3 aliphatic heterocycles. The van der Waals surface area contributed by atoms with E-state index < -0.39 is 0 Å². The van der Waals surface area contributed by atoms with Gasteiger partial charge in [-0.1, -0.05) is 12.8 Å². The molecule has 0 radical (unpaired) electrons. The number of aromatic amines is 1. The van der Waals surface area contributed by atoms with E-state index in [2.05, 4.69) is 19.7 Å². The van der Waals surface area contributed by atoms with E-state index in [1.54, 1.807) is 4.57 Å². The molecule has 2 aromatic rings. The van der Waals surface area contributed by atoms with Crippen LogP contribution in [0.5, 0.6) is 0 Å². The molecular weight excluding hydrogens is 486 g/mol. The molecule has 1 amide bonds. The summed E-state index contributed by atoms with van der Waals surface area (Å²) in [6, 6.07) is 6.62. The zero-order valence-electron chi connectivity index (χ0n) is 22.0. The molecule has 3 fully saturated rings. The fourth-order valence-electron chi connectivity index (χ4n) is 6.10. The molecule has 3 aliphatic rings. The SMILES string of the molecule is O=C(CCCCCn1c(=S)[nH]c2ccc(N3CCOCC3)cc2c1=O)N1CCC(N2CCCCC2)CC1. The van der Waals surface area contributed by atoms with Gasteiger partial charge in [0.2, 0.25) is 5.91 Å². The van der Waals surface area contributed by atoms with Crippen LogP contribution in [0.1, 0.15) is 57.8 Å². The second kappa shape index (κ2) is 12.5. The number of amides is 1. The first-order valence-electron chi connectivity index (χ1n) is 14.2. The highest BCUT2D eigenvalue weighted by atomic mass is 32.1. The Morgan fingerprint density at radius 2 is 1.73 bits per heavy atom. The summed E-state index contributed by atoms with van der Waals surface area (Å²) in [5.74, 6) is 0.285. The highest BCUT2D eigenvalue weighted by Gasteiger charge is 2.27. The van der Waals surface area contributed by atoms with Gasteiger partial charge in [0.1, 0.15) is 0 Å². The summed E-state index contributed by atoms with van der Waals surface area (Å²) in [5, 5.41) is 0.667. The average molecular weight is 528 g/mol. The van der Waals surface area contributed by atoms with Gasteiger partial charge in [0.15, 0.2) is 4.77 Å². The lowest BCUT2D eigenvalue weighted by atomic mass is 9.99. The van der Waals surface area contributed by atoms with E-state index >= 15 is 0 Å². The highest BCUT2D eigenvalue weighted by molar-refractivity contribution is 7.71. The normalized spacial score (nSPS) is 20.0. The number of hydrogen-bond donors (Lipinski definition) is 1. The number of likely N-dealkylation sites (tertiary alicyclic amines) is 2. The van der Waals surface area contributed by atoms with Gasteiger partial charge in [0.05, 0.1) is 24.1 Å². The van der Waals surface area contributed by atoms with Gasteiger partial charge in [0, 0.05) is 50.9 Å². The molecule has 3 saturated heterocycles. The van der Waals surface area contributed by atoms with Crippen molar-refractivity contribution < 1.29 is 9.53 Å². The monoisotopic (exact) mass is 527 g/mol. The number of piperidine rings is 2. The molecule has 37 heavy (non-hydrogen) atoms. The molecule has 1 N–H and O–H groups in total. The topological polar surface area (TPSA) is 73.8 Å². The van der Waals surface area contributed by atoms with Crippen LogP contribution in [0.15, 0.2) is 23.0 Å². The number of unbranched alkanes of at least 4 members (excludes halogenated alkanes) is 2. The van der Waals surface area contributed by atoms with E-state index in [0.717, 1.165) is 69.5 Å². The van der Waals surface area contributed by atoms with Gasteiger partial charge < -0.3 is 24.4 Å². The Morgan fingerprint density at radius 3 is 2.49 bits per heavy atom. The van der Waals surface area contributed by atoms with Crippen LogP contribution < -0.4 is 10.5 Å². The fourth-order valence-corrected chi connectivity index (χ4v) is 6.39. The van der Waals surface area contributed by atoms with Crippen molar-refractivity contribution in [2.45, 2.75) is 70.4 Å². The summed E-state index contributed by atoms with van der Waals surface area (Å²) in [4.78, 5) is 36.2. The molecule has 0 atom stereocenters. The van der Waals surface area contributed by atoms with Crippen molar-refractivity contribution in [2.75, 3.05) is 57.4 Å². The Bertz CT molecular complexity index is 1170. The lowest BCUT2D eigenvalue weighted by Crippen LogP contribution is -2.48. The summed E-state index contributed by atoms with van der Waals surface area (Å²) in [6.07, 6.45) is 9.42. The van der Waals surface area contributed by atoms with Gasteiger partial charge >= 0.3 is 0 Å². The number of nitrogens with zero attached hydrogens (tertiary/aromatic N) is 4. The van der Waals surface area contributed by atoms with Crippen molar-refractivity contribution in [3.8, 4) is 0 Å². The molecule has 0 unspecified atom stereocenters. The van der Waals surface area contributed by atoms with Gasteiger partial charge in [0.25, 0.3) is 5.56 Å². The number of H-pyrrole nitrogens is 1. The Labute approximate surface area is 224 Å². The zero-order valence-corrected chi connectivity index (χ0v) is 22.8. The predicted octanol–water partition coefficient (Wildman–Crippen LogP) is 3.93. The van der Waals surface area contributed by atoms with E-state index in [9.17, 15) is 9.59 Å². The first-order chi connectivity index (χ1) is 18.1. The molecule has 9 heteroatoms. The van der Waals surface area contributed by atoms with Crippen LogP contribution in [0.2, 0.25) is 0 Å². The Morgan fingerprint density at radius 1 is 0.973 bits per heavy atom. The molecule has 1 aromatic carbocycles. The van der Waals surface area contributed by atoms with Crippen molar-refractivity contribution >= 4 is 34.7 Å². The van der Waals surface area contributed by atoms with Gasteiger partial charge in [-0.25, -0.2) is 0 Å². The number of morpholine rings is 1. The Balaban J connectivity index is 1.09. The van der Waals surface area contributed by atoms with Gasteiger partial charge in [-0.3, -0.25) is 14.2 Å². The van der Waals surface area contributed by atoms with Crippen molar-refractivity contribution in [1.29, 1.82) is 0 Å². The summed E-state index contributed by atoms with van der Waals surface area (Å²) >= 11 is 5.50. The number of fused-ring (bicyclic) bond motifs is 1. The number of carbonyl (C=O) groups excluding carboxylic acids is 1. The number of ether oxygens (including phenoxy) is 1. The molecule has 1 aromatic heterocycles. The largest absolute Gasteiger partial charge is 0.378 e. The summed E-state index contributed by atoms with van der Waals surface area (Å²) < 4.78 is 7.59. The van der Waals surface area contributed by atoms with Crippen molar-refractivity contribution in [3.05, 3.63) is 33.3 Å². The third kappa shape index (κ3) is 6.44. The minimum Gasteiger partial charge on any atom is -0.378 e. The van der Waals surface area contributed by atoms with E-state index in [0.29, 0.717) is 42.4 Å². The molecule has 0 saturated carbocycles. The third-order valence-electron chi connectivity index (χ3n) is 8.34. The van der Waals surface area contributed by atoms with E-state index in [4.69, 9.17) is 17.0 Å². The Hall–Kier alpha value is -2.23. The summed E-state index contributed by atoms with van der Waals surface area (Å²) in [7, 11) is 0. The minimum absolute atomic E-state index is 0.0403. The molecule has 4 heterocycles. The molecule has 0 aliphatic carbocycles. The zero-order chi connectivity index (χ0) is 25.6. The second-order valence-corrected chi connectivity index (χ2v) is 11.1. The number of benzene rings is 1. The van der Waals surface area contributed by atoms with Crippen molar-refractivity contribution in [1.82, 2.24) is 19.4 Å². The average Bonchev–Trinajstić information content (AvgIpc) is 2.95. The number of nitrogens with one attached hydrogen (secondary N) is 1. The predicted molar refractivity (Wildman–Crippen MR) is 150 cm³/mol. The third-order valence-corrected chi connectivity index (χ3v) is 8.66. The molecule has 202 valence electrons. The van der Waals surface area contributed by atoms with Gasteiger partial charge in [-0.05, 0) is 82.0 Å². The minimum atomic E-state index is -0.0403. The standard InChI is InChI=1S/C28H41N5O3S/c34-26(32-15-10-22(11-16-32)30-12-4-2-5-13-30)7-3-1-6-14-33-27(35)24-21-23(31-17-19-36-20-18-31)8-9-25(24)29-28(33)37/h8-9,21-22H,1-7,10-20H2,(H,29,37). The maximum absolute atomic E-state index is 13.3. The van der Waals surface area contributed by atoms with Crippen LogP contribution in [0.3, 0.4) is 0 Å². The van der Waals surface area contributed by atoms with Crippen molar-refractivity contribution in [2.24, 2.45) is 0 Å². The molecule has 0 bridgehead atoms. The first-order valence-corrected chi connectivity index (χ1v) is 14.6. The summed E-state index contributed by atoms with van der Waals surface area (Å²) in [6.45, 7) is 7.91. The van der Waals surface area contributed by atoms with Crippen LogP contribution in [-0.2, 0) is 16.1 Å². The van der Waals surface area contributed by atoms with Gasteiger partial charge in [-0.2, -0.15) is 0 Å². The quantitative estimate of drug-likeness (QED) is 0.414. The van der Waals surface area contributed by atoms with E-state index in [-0.39, 0.29) is 11.5 Å². The number of hydrogen-bond acceptors (Lipinski definition) is 6. The van der Waals surface area contributed by atoms with E-state index in [1.165, 1.54) is 32.4 Å². The Kier molecular flexibility index (Phi) is 8.94. The van der Waals surface area contributed by atoms with E-state index in [1.807, 2.05) is 18.2 Å². The second-order valence-electron chi connectivity index (χ2n) is 10.7. The highest BCUT2D eigenvalue weighted by Crippen LogP contribution is 2.22. The molecular formula is C28H41N5O3S. The number of rotatable bonds is 8. The molecule has 0 spiro atoms. The van der Waals surface area contributed by atoms with Crippen LogP contribution >= 0.6 is 12.2 Å². The smallest absolute Gasteiger partial charge is 0.262 e. The first kappa shape index (κ1) is 26.4. The number of carbonyl (C=O) groups is 1.